The van der Waals surface area contributed by atoms with Crippen molar-refractivity contribution in [3.8, 4) is 0 Å². The number of hydrogen-bond donors (Lipinski definition) is 0. The van der Waals surface area contributed by atoms with Crippen LogP contribution < -0.4 is 0 Å². The van der Waals surface area contributed by atoms with Crippen molar-refractivity contribution in [2.45, 2.75) is 71.6 Å². The Balaban J connectivity index is 3.48. The molecule has 0 aliphatic rings. The number of hydrogen-bond acceptors (Lipinski definition) is 2. The lowest BCUT2D eigenvalue weighted by Crippen LogP contribution is -2.41. The molecule has 130 valence electrons. The summed E-state index contributed by atoms with van der Waals surface area (Å²) in [4.78, 5) is 11.2. The minimum absolute atomic E-state index is 0.263. The molecule has 0 heterocycles. The molecule has 0 saturated heterocycles. The van der Waals surface area contributed by atoms with Gasteiger partial charge in [0.2, 0.25) is 0 Å². The second-order valence-corrected chi connectivity index (χ2v) is 7.13. The van der Waals surface area contributed by atoms with E-state index >= 15 is 0 Å². The van der Waals surface area contributed by atoms with Gasteiger partial charge in [0.05, 0.1) is 33.8 Å². The summed E-state index contributed by atoms with van der Waals surface area (Å²) in [6.07, 6.45) is 11.4. The van der Waals surface area contributed by atoms with Gasteiger partial charge in [-0.2, -0.15) is 0 Å². The van der Waals surface area contributed by atoms with E-state index in [1.165, 1.54) is 58.0 Å². The first-order valence-corrected chi connectivity index (χ1v) is 9.03. The molecule has 3 nitrogen and oxygen atoms in total. The first-order chi connectivity index (χ1) is 10.4. The number of quaternary nitrogens is 1. The zero-order valence-electron chi connectivity index (χ0n) is 15.5. The topological polar surface area (TPSA) is 26.3 Å². The zero-order chi connectivity index (χ0) is 16.8. The van der Waals surface area contributed by atoms with Crippen molar-refractivity contribution >= 4 is 5.97 Å². The molecule has 0 aromatic carbocycles. The summed E-state index contributed by atoms with van der Waals surface area (Å²) in [7, 11) is 4.68. The van der Waals surface area contributed by atoms with Gasteiger partial charge in [0.1, 0.15) is 0 Å². The fraction of sp³-hybridized carbons (Fsp3) is 0.842. The minimum Gasteiger partial charge on any atom is -0.462 e. The Morgan fingerprint density at radius 3 is 1.91 bits per heavy atom. The SMILES string of the molecule is C=C(C)C(=O)OCCCCCC[N+](C)(C)CCCCCCC. The van der Waals surface area contributed by atoms with Gasteiger partial charge in [-0.15, -0.1) is 0 Å². The second kappa shape index (κ2) is 12.7. The van der Waals surface area contributed by atoms with Gasteiger partial charge in [-0.1, -0.05) is 32.8 Å². The third-order valence-electron chi connectivity index (χ3n) is 4.11. The molecular weight excluding hydrogens is 274 g/mol. The van der Waals surface area contributed by atoms with E-state index in [2.05, 4.69) is 27.6 Å². The largest absolute Gasteiger partial charge is 0.462 e. The van der Waals surface area contributed by atoms with Gasteiger partial charge in [0.25, 0.3) is 0 Å². The monoisotopic (exact) mass is 312 g/mol. The van der Waals surface area contributed by atoms with Gasteiger partial charge in [-0.25, -0.2) is 4.79 Å². The summed E-state index contributed by atoms with van der Waals surface area (Å²) in [6.45, 7) is 10.6. The summed E-state index contributed by atoms with van der Waals surface area (Å²) in [6, 6.07) is 0. The predicted molar refractivity (Wildman–Crippen MR) is 94.8 cm³/mol. The highest BCUT2D eigenvalue weighted by molar-refractivity contribution is 5.86. The summed E-state index contributed by atoms with van der Waals surface area (Å²) in [5.41, 5.74) is 0.484. The van der Waals surface area contributed by atoms with Crippen molar-refractivity contribution in [3.05, 3.63) is 12.2 Å². The van der Waals surface area contributed by atoms with Crippen LogP contribution in [-0.2, 0) is 9.53 Å². The highest BCUT2D eigenvalue weighted by atomic mass is 16.5. The summed E-state index contributed by atoms with van der Waals surface area (Å²) in [5, 5.41) is 0. The van der Waals surface area contributed by atoms with Crippen molar-refractivity contribution in [2.24, 2.45) is 0 Å². The standard InChI is InChI=1S/C19H38NO2/c1-6-7-8-9-12-15-20(4,5)16-13-10-11-14-17-22-19(21)18(2)3/h2,6-17H2,1,3-5H3/q+1. The molecule has 0 amide bonds. The molecule has 0 aliphatic heterocycles. The predicted octanol–water partition coefficient (Wildman–Crippen LogP) is 4.71. The van der Waals surface area contributed by atoms with Crippen LogP contribution in [0.1, 0.15) is 71.6 Å². The van der Waals surface area contributed by atoms with Gasteiger partial charge >= 0.3 is 5.97 Å². The Morgan fingerprint density at radius 2 is 1.41 bits per heavy atom. The summed E-state index contributed by atoms with van der Waals surface area (Å²) in [5.74, 6) is -0.263. The van der Waals surface area contributed by atoms with Crippen LogP contribution in [0.2, 0.25) is 0 Å². The molecule has 0 spiro atoms. The molecule has 0 saturated carbocycles. The quantitative estimate of drug-likeness (QED) is 0.201. The first kappa shape index (κ1) is 21.2. The smallest absolute Gasteiger partial charge is 0.333 e. The van der Waals surface area contributed by atoms with Crippen molar-refractivity contribution in [1.29, 1.82) is 0 Å². The summed E-state index contributed by atoms with van der Waals surface area (Å²) < 4.78 is 6.23. The molecule has 0 fully saturated rings. The number of nitrogens with zero attached hydrogens (tertiary/aromatic N) is 1. The number of rotatable bonds is 14. The van der Waals surface area contributed by atoms with Crippen LogP contribution in [0.15, 0.2) is 12.2 Å². The molecule has 0 unspecified atom stereocenters. The molecule has 22 heavy (non-hydrogen) atoms. The van der Waals surface area contributed by atoms with Crippen LogP contribution in [-0.4, -0.2) is 44.2 Å². The lowest BCUT2D eigenvalue weighted by molar-refractivity contribution is -0.890. The maximum atomic E-state index is 11.2. The van der Waals surface area contributed by atoms with E-state index in [-0.39, 0.29) is 5.97 Å². The Bertz CT molecular complexity index is 311. The molecule has 0 rings (SSSR count). The third kappa shape index (κ3) is 12.9. The number of carbonyl (C=O) groups is 1. The van der Waals surface area contributed by atoms with Gasteiger partial charge in [-0.05, 0) is 45.4 Å². The fourth-order valence-electron chi connectivity index (χ4n) is 2.54. The van der Waals surface area contributed by atoms with Crippen molar-refractivity contribution in [2.75, 3.05) is 33.8 Å². The van der Waals surface area contributed by atoms with Crippen molar-refractivity contribution in [1.82, 2.24) is 0 Å². The Morgan fingerprint density at radius 1 is 0.909 bits per heavy atom. The molecule has 0 atom stereocenters. The van der Waals surface area contributed by atoms with Crippen LogP contribution in [0.3, 0.4) is 0 Å². The van der Waals surface area contributed by atoms with Crippen LogP contribution in [0.25, 0.3) is 0 Å². The number of esters is 1. The minimum atomic E-state index is -0.263. The molecule has 0 aromatic heterocycles. The normalized spacial score (nSPS) is 11.5. The first-order valence-electron chi connectivity index (χ1n) is 9.03. The fourth-order valence-corrected chi connectivity index (χ4v) is 2.54. The average molecular weight is 313 g/mol. The van der Waals surface area contributed by atoms with E-state index in [1.54, 1.807) is 6.92 Å². The van der Waals surface area contributed by atoms with Crippen molar-refractivity contribution in [3.63, 3.8) is 0 Å². The Labute approximate surface area is 138 Å². The van der Waals surface area contributed by atoms with E-state index in [0.29, 0.717) is 12.2 Å². The van der Waals surface area contributed by atoms with Crippen LogP contribution in [0, 0.1) is 0 Å². The molecule has 0 N–H and O–H groups in total. The number of ether oxygens (including phenoxy) is 1. The van der Waals surface area contributed by atoms with Crippen LogP contribution in [0.4, 0.5) is 0 Å². The van der Waals surface area contributed by atoms with Crippen LogP contribution >= 0.6 is 0 Å². The van der Waals surface area contributed by atoms with Crippen LogP contribution in [0.5, 0.6) is 0 Å². The third-order valence-corrected chi connectivity index (χ3v) is 4.11. The lowest BCUT2D eigenvalue weighted by Gasteiger charge is -2.30. The van der Waals surface area contributed by atoms with Gasteiger partial charge in [-0.3, -0.25) is 0 Å². The van der Waals surface area contributed by atoms with E-state index in [9.17, 15) is 4.79 Å². The average Bonchev–Trinajstić information content (AvgIpc) is 2.45. The molecule has 3 heteroatoms. The van der Waals surface area contributed by atoms with E-state index in [4.69, 9.17) is 4.74 Å². The highest BCUT2D eigenvalue weighted by Gasteiger charge is 2.13. The molecule has 0 aliphatic carbocycles. The Hall–Kier alpha value is -0.830. The maximum Gasteiger partial charge on any atom is 0.333 e. The van der Waals surface area contributed by atoms with Crippen molar-refractivity contribution < 1.29 is 14.0 Å². The highest BCUT2D eigenvalue weighted by Crippen LogP contribution is 2.10. The van der Waals surface area contributed by atoms with Gasteiger partial charge < -0.3 is 9.22 Å². The van der Waals surface area contributed by atoms with Gasteiger partial charge in [0.15, 0.2) is 0 Å². The van der Waals surface area contributed by atoms with E-state index < -0.39 is 0 Å². The zero-order valence-corrected chi connectivity index (χ0v) is 15.5. The van der Waals surface area contributed by atoms with Gasteiger partial charge in [0, 0.05) is 5.57 Å². The lowest BCUT2D eigenvalue weighted by atomic mass is 10.1. The number of unbranched alkanes of at least 4 members (excludes halogenated alkanes) is 7. The molecule has 0 aromatic rings. The summed E-state index contributed by atoms with van der Waals surface area (Å²) >= 11 is 0. The second-order valence-electron chi connectivity index (χ2n) is 7.13. The van der Waals surface area contributed by atoms with E-state index in [1.807, 2.05) is 0 Å². The Kier molecular flexibility index (Phi) is 12.2. The molecular formula is C19H38NO2+. The maximum absolute atomic E-state index is 11.2. The molecule has 0 bridgehead atoms. The number of carbonyl (C=O) groups excluding carboxylic acids is 1. The van der Waals surface area contributed by atoms with E-state index in [0.717, 1.165) is 17.3 Å². The molecule has 0 radical (unpaired) electrons.